The highest BCUT2D eigenvalue weighted by atomic mass is 16.5. The second kappa shape index (κ2) is 9.21. The molecular weight excluding hydrogens is 338 g/mol. The van der Waals surface area contributed by atoms with Crippen molar-refractivity contribution in [3.63, 3.8) is 0 Å². The highest BCUT2D eigenvalue weighted by Gasteiger charge is 2.34. The summed E-state index contributed by atoms with van der Waals surface area (Å²) in [4.78, 5) is 27.9. The van der Waals surface area contributed by atoms with E-state index in [-0.39, 0.29) is 36.9 Å². The van der Waals surface area contributed by atoms with Crippen molar-refractivity contribution in [3.8, 4) is 5.75 Å². The Bertz CT molecular complexity index is 687. The van der Waals surface area contributed by atoms with Gasteiger partial charge >= 0.3 is 5.97 Å². The van der Waals surface area contributed by atoms with E-state index in [1.54, 1.807) is 18.2 Å². The summed E-state index contributed by atoms with van der Waals surface area (Å²) in [7, 11) is 5.20. The Labute approximate surface area is 153 Å². The molecule has 0 radical (unpaired) electrons. The molecule has 0 spiro atoms. The van der Waals surface area contributed by atoms with Crippen molar-refractivity contribution in [2.75, 3.05) is 59.4 Å². The highest BCUT2D eigenvalue weighted by molar-refractivity contribution is 6.08. The molecule has 1 aromatic carbocycles. The van der Waals surface area contributed by atoms with E-state index in [1.807, 2.05) is 25.1 Å². The first-order chi connectivity index (χ1) is 12.5. The van der Waals surface area contributed by atoms with Gasteiger partial charge in [-0.3, -0.25) is 4.79 Å². The number of carbonyl (C=O) groups excluding carboxylic acids is 2. The number of amides is 1. The van der Waals surface area contributed by atoms with E-state index in [9.17, 15) is 9.59 Å². The third-order valence-corrected chi connectivity index (χ3v) is 3.86. The molecule has 1 aromatic rings. The van der Waals surface area contributed by atoms with Crippen molar-refractivity contribution >= 4 is 17.6 Å². The van der Waals surface area contributed by atoms with E-state index in [2.05, 4.69) is 5.32 Å². The molecule has 2 rings (SSSR count). The van der Waals surface area contributed by atoms with Crippen molar-refractivity contribution in [2.45, 2.75) is 0 Å². The normalized spacial score (nSPS) is 14.2. The predicted molar refractivity (Wildman–Crippen MR) is 96.8 cm³/mol. The number of hydrogen-bond acceptors (Lipinski definition) is 7. The fraction of sp³-hybridized carbons (Fsp3) is 0.444. The van der Waals surface area contributed by atoms with Crippen LogP contribution in [0.25, 0.3) is 0 Å². The van der Waals surface area contributed by atoms with Gasteiger partial charge in [0.15, 0.2) is 0 Å². The smallest absolute Gasteiger partial charge is 0.337 e. The van der Waals surface area contributed by atoms with Crippen LogP contribution in [0.1, 0.15) is 0 Å². The van der Waals surface area contributed by atoms with Gasteiger partial charge in [0, 0.05) is 24.8 Å². The number of benzene rings is 1. The zero-order valence-corrected chi connectivity index (χ0v) is 15.3. The number of anilines is 1. The van der Waals surface area contributed by atoms with E-state index < -0.39 is 5.97 Å². The Morgan fingerprint density at radius 1 is 1.38 bits per heavy atom. The van der Waals surface area contributed by atoms with Crippen LogP contribution in [0.2, 0.25) is 0 Å². The lowest BCUT2D eigenvalue weighted by molar-refractivity contribution is -0.136. The number of nitrogens with one attached hydrogen (secondary N) is 1. The number of carbonyl (C=O) groups is 2. The SMILES string of the molecule is COC(=O)C1=C(Nc2cccc(OCCN(C)C)c2)C(=O)N(CCO)C1. The molecule has 142 valence electrons. The van der Waals surface area contributed by atoms with Crippen LogP contribution in [0.3, 0.4) is 0 Å². The van der Waals surface area contributed by atoms with E-state index in [1.165, 1.54) is 12.0 Å². The minimum absolute atomic E-state index is 0.105. The molecule has 0 bridgehead atoms. The number of methoxy groups -OCH3 is 1. The number of rotatable bonds is 9. The van der Waals surface area contributed by atoms with Gasteiger partial charge in [0.25, 0.3) is 5.91 Å². The monoisotopic (exact) mass is 363 g/mol. The molecule has 26 heavy (non-hydrogen) atoms. The van der Waals surface area contributed by atoms with Crippen LogP contribution in [0, 0.1) is 0 Å². The van der Waals surface area contributed by atoms with E-state index in [0.717, 1.165) is 6.54 Å². The number of hydrogen-bond donors (Lipinski definition) is 2. The van der Waals surface area contributed by atoms with Crippen molar-refractivity contribution in [1.29, 1.82) is 0 Å². The second-order valence-corrected chi connectivity index (χ2v) is 6.10. The standard InChI is InChI=1S/C18H25N3O5/c1-20(2)8-10-26-14-6-4-5-13(11-14)19-16-15(18(24)25-3)12-21(7-9-22)17(16)23/h4-6,11,19,22H,7-10,12H2,1-3H3. The molecule has 1 amide bonds. The van der Waals surface area contributed by atoms with Gasteiger partial charge in [-0.25, -0.2) is 4.79 Å². The molecule has 0 atom stereocenters. The van der Waals surface area contributed by atoms with Gasteiger partial charge in [0.1, 0.15) is 18.1 Å². The van der Waals surface area contributed by atoms with Gasteiger partial charge < -0.3 is 29.7 Å². The maximum absolute atomic E-state index is 12.5. The van der Waals surface area contributed by atoms with Crippen LogP contribution in [0.5, 0.6) is 5.75 Å². The molecule has 0 aliphatic carbocycles. The first-order valence-corrected chi connectivity index (χ1v) is 8.32. The minimum Gasteiger partial charge on any atom is -0.492 e. The molecule has 0 unspecified atom stereocenters. The molecule has 0 saturated heterocycles. The van der Waals surface area contributed by atoms with Crippen LogP contribution in [0.4, 0.5) is 5.69 Å². The van der Waals surface area contributed by atoms with Crippen molar-refractivity contribution in [2.24, 2.45) is 0 Å². The van der Waals surface area contributed by atoms with Gasteiger partial charge in [0.2, 0.25) is 0 Å². The summed E-state index contributed by atoms with van der Waals surface area (Å²) in [6.07, 6.45) is 0. The summed E-state index contributed by atoms with van der Waals surface area (Å²) in [6.45, 7) is 1.40. The van der Waals surface area contributed by atoms with Gasteiger partial charge in [-0.15, -0.1) is 0 Å². The van der Waals surface area contributed by atoms with Crippen molar-refractivity contribution < 1.29 is 24.2 Å². The Kier molecular flexibility index (Phi) is 6.99. The van der Waals surface area contributed by atoms with E-state index in [0.29, 0.717) is 18.0 Å². The van der Waals surface area contributed by atoms with Crippen LogP contribution >= 0.6 is 0 Å². The summed E-state index contributed by atoms with van der Waals surface area (Å²) < 4.78 is 10.5. The fourth-order valence-electron chi connectivity index (χ4n) is 2.50. The van der Waals surface area contributed by atoms with Crippen LogP contribution in [-0.2, 0) is 14.3 Å². The summed E-state index contributed by atoms with van der Waals surface area (Å²) in [5, 5.41) is 12.1. The lowest BCUT2D eigenvalue weighted by atomic mass is 10.2. The topological polar surface area (TPSA) is 91.3 Å². The second-order valence-electron chi connectivity index (χ2n) is 6.10. The third kappa shape index (κ3) is 4.96. The maximum atomic E-state index is 12.5. The number of ether oxygens (including phenoxy) is 2. The molecule has 2 N–H and O–H groups in total. The molecule has 0 saturated carbocycles. The highest BCUT2D eigenvalue weighted by Crippen LogP contribution is 2.24. The van der Waals surface area contributed by atoms with Crippen molar-refractivity contribution in [1.82, 2.24) is 9.80 Å². The van der Waals surface area contributed by atoms with Gasteiger partial charge in [0.05, 0.1) is 25.8 Å². The Morgan fingerprint density at radius 3 is 2.81 bits per heavy atom. The molecule has 1 heterocycles. The number of esters is 1. The number of β-amino-alcohol motifs (C(OH)–C–C–N with tert-alkyl or cyclic N) is 1. The van der Waals surface area contributed by atoms with Gasteiger partial charge in [-0.2, -0.15) is 0 Å². The number of aliphatic hydroxyl groups excluding tert-OH is 1. The molecule has 0 fully saturated rings. The minimum atomic E-state index is -0.570. The van der Waals surface area contributed by atoms with Gasteiger partial charge in [-0.1, -0.05) is 6.07 Å². The number of likely N-dealkylation sites (N-methyl/N-ethyl adjacent to an activating group) is 1. The van der Waals surface area contributed by atoms with Crippen molar-refractivity contribution in [3.05, 3.63) is 35.5 Å². The fourth-order valence-corrected chi connectivity index (χ4v) is 2.50. The quantitative estimate of drug-likeness (QED) is 0.610. The molecule has 8 heteroatoms. The van der Waals surface area contributed by atoms with E-state index >= 15 is 0 Å². The summed E-state index contributed by atoms with van der Waals surface area (Å²) in [5.74, 6) is -0.257. The molecule has 8 nitrogen and oxygen atoms in total. The van der Waals surface area contributed by atoms with E-state index in [4.69, 9.17) is 14.6 Å². The average Bonchev–Trinajstić information content (AvgIpc) is 2.91. The Balaban J connectivity index is 2.16. The summed E-state index contributed by atoms with van der Waals surface area (Å²) in [6, 6.07) is 7.17. The average molecular weight is 363 g/mol. The first kappa shape index (κ1) is 19.7. The third-order valence-electron chi connectivity index (χ3n) is 3.86. The lowest BCUT2D eigenvalue weighted by Crippen LogP contribution is -2.31. The summed E-state index contributed by atoms with van der Waals surface area (Å²) >= 11 is 0. The number of nitrogens with zero attached hydrogens (tertiary/aromatic N) is 2. The Hall–Kier alpha value is -2.58. The molecular formula is C18H25N3O5. The molecule has 1 aliphatic rings. The maximum Gasteiger partial charge on any atom is 0.337 e. The number of aliphatic hydroxyl groups is 1. The predicted octanol–water partition coefficient (Wildman–Crippen LogP) is 0.301. The zero-order chi connectivity index (χ0) is 19.1. The Morgan fingerprint density at radius 2 is 2.15 bits per heavy atom. The lowest BCUT2D eigenvalue weighted by Gasteiger charge is -2.15. The van der Waals surface area contributed by atoms with Gasteiger partial charge in [-0.05, 0) is 26.2 Å². The summed E-state index contributed by atoms with van der Waals surface area (Å²) in [5.41, 5.74) is 1.03. The molecule has 1 aliphatic heterocycles. The first-order valence-electron chi connectivity index (χ1n) is 8.32. The largest absolute Gasteiger partial charge is 0.492 e. The van der Waals surface area contributed by atoms with Crippen LogP contribution < -0.4 is 10.1 Å². The zero-order valence-electron chi connectivity index (χ0n) is 15.3. The molecule has 0 aromatic heterocycles. The van der Waals surface area contributed by atoms with Crippen LogP contribution in [-0.4, -0.2) is 80.8 Å². The van der Waals surface area contributed by atoms with Crippen LogP contribution in [0.15, 0.2) is 35.5 Å².